The molecule has 1 aliphatic heterocycles. The second-order valence-electron chi connectivity index (χ2n) is 2.42. The molecule has 0 amide bonds. The molecule has 0 radical (unpaired) electrons. The van der Waals surface area contributed by atoms with Crippen LogP contribution in [0.2, 0.25) is 0 Å². The second kappa shape index (κ2) is 5.96. The highest BCUT2D eigenvalue weighted by Crippen LogP contribution is 2.04. The first-order chi connectivity index (χ1) is 4.43. The highest BCUT2D eigenvalue weighted by Gasteiger charge is 2.11. The van der Waals surface area contributed by atoms with Gasteiger partial charge in [-0.2, -0.15) is 0 Å². The van der Waals surface area contributed by atoms with E-state index in [9.17, 15) is 0 Å². The quantitative estimate of drug-likeness (QED) is 0.664. The minimum atomic E-state index is 0. The van der Waals surface area contributed by atoms with Gasteiger partial charge in [-0.15, -0.1) is 12.4 Å². The molecule has 10 heavy (non-hydrogen) atoms. The molecule has 0 aromatic rings. The molecule has 1 heterocycles. The number of halogens is 1. The average Bonchev–Trinajstić information content (AvgIpc) is 1.91. The van der Waals surface area contributed by atoms with E-state index in [2.05, 4.69) is 12.2 Å². The van der Waals surface area contributed by atoms with Crippen molar-refractivity contribution in [2.75, 3.05) is 19.7 Å². The van der Waals surface area contributed by atoms with Gasteiger partial charge in [-0.05, 0) is 26.3 Å². The molecule has 1 N–H and O–H groups in total. The van der Waals surface area contributed by atoms with E-state index in [1.807, 2.05) is 0 Å². The monoisotopic (exact) mass is 165 g/mol. The van der Waals surface area contributed by atoms with Crippen molar-refractivity contribution in [1.82, 2.24) is 5.32 Å². The van der Waals surface area contributed by atoms with Gasteiger partial charge >= 0.3 is 0 Å². The Labute approximate surface area is 68.7 Å². The maximum absolute atomic E-state index is 5.42. The van der Waals surface area contributed by atoms with E-state index >= 15 is 0 Å². The lowest BCUT2D eigenvalue weighted by atomic mass is 10.1. The van der Waals surface area contributed by atoms with Crippen LogP contribution < -0.4 is 5.32 Å². The Bertz CT molecular complexity index is 71.3. The maximum atomic E-state index is 5.42. The van der Waals surface area contributed by atoms with E-state index < -0.39 is 0 Å². The SMILES string of the molecule is CCO[C@@H]1CCCNC1.Cl. The lowest BCUT2D eigenvalue weighted by molar-refractivity contribution is 0.0457. The van der Waals surface area contributed by atoms with E-state index in [1.54, 1.807) is 0 Å². The predicted molar refractivity (Wildman–Crippen MR) is 44.8 cm³/mol. The van der Waals surface area contributed by atoms with Gasteiger partial charge in [0, 0.05) is 13.2 Å². The molecule has 62 valence electrons. The van der Waals surface area contributed by atoms with Gasteiger partial charge in [-0.25, -0.2) is 0 Å². The molecule has 1 saturated heterocycles. The summed E-state index contributed by atoms with van der Waals surface area (Å²) in [6.45, 7) is 5.12. The predicted octanol–water partition coefficient (Wildman–Crippen LogP) is 1.20. The number of ether oxygens (including phenoxy) is 1. The lowest BCUT2D eigenvalue weighted by Gasteiger charge is -2.22. The highest BCUT2D eigenvalue weighted by atomic mass is 35.5. The Morgan fingerprint density at radius 1 is 1.60 bits per heavy atom. The zero-order chi connectivity index (χ0) is 6.53. The van der Waals surface area contributed by atoms with E-state index in [0.29, 0.717) is 6.10 Å². The van der Waals surface area contributed by atoms with E-state index in [1.165, 1.54) is 19.4 Å². The summed E-state index contributed by atoms with van der Waals surface area (Å²) < 4.78 is 5.42. The van der Waals surface area contributed by atoms with Gasteiger partial charge in [0.2, 0.25) is 0 Å². The molecule has 0 aromatic heterocycles. The molecule has 2 nitrogen and oxygen atoms in total. The van der Waals surface area contributed by atoms with Gasteiger partial charge in [0.15, 0.2) is 0 Å². The summed E-state index contributed by atoms with van der Waals surface area (Å²) in [6, 6.07) is 0. The summed E-state index contributed by atoms with van der Waals surface area (Å²) in [5.41, 5.74) is 0. The van der Waals surface area contributed by atoms with Crippen molar-refractivity contribution in [1.29, 1.82) is 0 Å². The summed E-state index contributed by atoms with van der Waals surface area (Å²) >= 11 is 0. The fourth-order valence-corrected chi connectivity index (χ4v) is 1.20. The van der Waals surface area contributed by atoms with Crippen LogP contribution in [0.4, 0.5) is 0 Å². The van der Waals surface area contributed by atoms with E-state index in [-0.39, 0.29) is 12.4 Å². The number of hydrogen-bond acceptors (Lipinski definition) is 2. The van der Waals surface area contributed by atoms with Crippen molar-refractivity contribution in [2.24, 2.45) is 0 Å². The average molecular weight is 166 g/mol. The third-order valence-electron chi connectivity index (χ3n) is 1.65. The van der Waals surface area contributed by atoms with Crippen LogP contribution in [0.5, 0.6) is 0 Å². The van der Waals surface area contributed by atoms with Gasteiger partial charge in [0.1, 0.15) is 0 Å². The van der Waals surface area contributed by atoms with Crippen LogP contribution in [0.3, 0.4) is 0 Å². The minimum absolute atomic E-state index is 0. The first-order valence-electron chi connectivity index (χ1n) is 3.76. The zero-order valence-electron chi connectivity index (χ0n) is 6.43. The van der Waals surface area contributed by atoms with Gasteiger partial charge < -0.3 is 10.1 Å². The largest absolute Gasteiger partial charge is 0.377 e. The molecule has 0 aromatic carbocycles. The molecule has 1 rings (SSSR count). The molecule has 0 bridgehead atoms. The summed E-state index contributed by atoms with van der Waals surface area (Å²) in [5.74, 6) is 0. The van der Waals surface area contributed by atoms with Crippen LogP contribution >= 0.6 is 12.4 Å². The van der Waals surface area contributed by atoms with Gasteiger partial charge in [0.25, 0.3) is 0 Å². The molecular formula is C7H16ClNO. The molecule has 1 atom stereocenters. The summed E-state index contributed by atoms with van der Waals surface area (Å²) in [6.07, 6.45) is 3.00. The number of rotatable bonds is 2. The fourth-order valence-electron chi connectivity index (χ4n) is 1.20. The van der Waals surface area contributed by atoms with Crippen LogP contribution in [-0.4, -0.2) is 25.8 Å². The second-order valence-corrected chi connectivity index (χ2v) is 2.42. The molecule has 3 heteroatoms. The van der Waals surface area contributed by atoms with Crippen molar-refractivity contribution in [3.05, 3.63) is 0 Å². The normalized spacial score (nSPS) is 25.5. The zero-order valence-corrected chi connectivity index (χ0v) is 7.25. The fraction of sp³-hybridized carbons (Fsp3) is 1.00. The first-order valence-corrected chi connectivity index (χ1v) is 3.76. The molecule has 0 unspecified atom stereocenters. The van der Waals surface area contributed by atoms with Gasteiger partial charge in [-0.3, -0.25) is 0 Å². The third kappa shape index (κ3) is 3.40. The number of hydrogen-bond donors (Lipinski definition) is 1. The molecule has 1 aliphatic rings. The van der Waals surface area contributed by atoms with Crippen LogP contribution in [0.1, 0.15) is 19.8 Å². The Kier molecular flexibility index (Phi) is 6.08. The summed E-state index contributed by atoms with van der Waals surface area (Å²) in [4.78, 5) is 0. The summed E-state index contributed by atoms with van der Waals surface area (Å²) in [5, 5.41) is 3.29. The van der Waals surface area contributed by atoms with Crippen LogP contribution in [0, 0.1) is 0 Å². The number of nitrogens with one attached hydrogen (secondary N) is 1. The molecular weight excluding hydrogens is 150 g/mol. The Hall–Kier alpha value is 0.210. The topological polar surface area (TPSA) is 21.3 Å². The van der Waals surface area contributed by atoms with E-state index in [0.717, 1.165) is 13.2 Å². The number of piperidine rings is 1. The third-order valence-corrected chi connectivity index (χ3v) is 1.65. The molecule has 0 saturated carbocycles. The van der Waals surface area contributed by atoms with Crippen molar-refractivity contribution >= 4 is 12.4 Å². The van der Waals surface area contributed by atoms with Crippen LogP contribution in [-0.2, 0) is 4.74 Å². The van der Waals surface area contributed by atoms with E-state index in [4.69, 9.17) is 4.74 Å². The van der Waals surface area contributed by atoms with Crippen molar-refractivity contribution in [3.63, 3.8) is 0 Å². The van der Waals surface area contributed by atoms with Crippen LogP contribution in [0.15, 0.2) is 0 Å². The van der Waals surface area contributed by atoms with Gasteiger partial charge in [0.05, 0.1) is 6.10 Å². The standard InChI is InChI=1S/C7H15NO.ClH/c1-2-9-7-4-3-5-8-6-7;/h7-8H,2-6H2,1H3;1H/t7-;/m1./s1. The smallest absolute Gasteiger partial charge is 0.0699 e. The summed E-state index contributed by atoms with van der Waals surface area (Å²) in [7, 11) is 0. The molecule has 0 spiro atoms. The Morgan fingerprint density at radius 3 is 2.90 bits per heavy atom. The van der Waals surface area contributed by atoms with Crippen molar-refractivity contribution in [3.8, 4) is 0 Å². The van der Waals surface area contributed by atoms with Gasteiger partial charge in [-0.1, -0.05) is 0 Å². The van der Waals surface area contributed by atoms with Crippen molar-refractivity contribution < 1.29 is 4.74 Å². The Balaban J connectivity index is 0.000000810. The lowest BCUT2D eigenvalue weighted by Crippen LogP contribution is -2.35. The maximum Gasteiger partial charge on any atom is 0.0699 e. The van der Waals surface area contributed by atoms with Crippen molar-refractivity contribution in [2.45, 2.75) is 25.9 Å². The molecule has 0 aliphatic carbocycles. The van der Waals surface area contributed by atoms with Crippen LogP contribution in [0.25, 0.3) is 0 Å². The molecule has 1 fully saturated rings. The highest BCUT2D eigenvalue weighted by molar-refractivity contribution is 5.85. The first kappa shape index (κ1) is 10.2. The Morgan fingerprint density at radius 2 is 2.40 bits per heavy atom. The minimum Gasteiger partial charge on any atom is -0.377 e.